The molecule has 0 aliphatic carbocycles. The summed E-state index contributed by atoms with van der Waals surface area (Å²) in [5, 5.41) is 2.98. The molecule has 0 atom stereocenters. The van der Waals surface area contributed by atoms with Gasteiger partial charge in [0.15, 0.2) is 0 Å². The third-order valence-electron chi connectivity index (χ3n) is 4.00. The number of rotatable bonds is 5. The van der Waals surface area contributed by atoms with Crippen LogP contribution in [0.2, 0.25) is 0 Å². The highest BCUT2D eigenvalue weighted by Crippen LogP contribution is 2.26. The molecule has 1 amide bonds. The van der Waals surface area contributed by atoms with E-state index in [0.29, 0.717) is 23.7 Å². The summed E-state index contributed by atoms with van der Waals surface area (Å²) >= 11 is 0. The van der Waals surface area contributed by atoms with Gasteiger partial charge in [0, 0.05) is 6.54 Å². The number of aromatic nitrogens is 2. The van der Waals surface area contributed by atoms with Gasteiger partial charge in [0.25, 0.3) is 11.5 Å². The summed E-state index contributed by atoms with van der Waals surface area (Å²) in [7, 11) is 1.53. The fourth-order valence-electron chi connectivity index (χ4n) is 2.87. The van der Waals surface area contributed by atoms with Gasteiger partial charge in [-0.05, 0) is 25.0 Å². The minimum atomic E-state index is -0.438. The van der Waals surface area contributed by atoms with Crippen molar-refractivity contribution in [3.05, 3.63) is 52.3 Å². The summed E-state index contributed by atoms with van der Waals surface area (Å²) < 4.78 is 12.3. The predicted octanol–water partition coefficient (Wildman–Crippen LogP) is 3.21. The molecule has 2 aromatic heterocycles. The summed E-state index contributed by atoms with van der Waals surface area (Å²) in [6.45, 7) is 6.17. The molecule has 136 valence electrons. The highest BCUT2D eigenvalue weighted by Gasteiger charge is 2.23. The lowest BCUT2D eigenvalue weighted by atomic mass is 10.1. The van der Waals surface area contributed by atoms with E-state index in [1.54, 1.807) is 25.1 Å². The van der Waals surface area contributed by atoms with Gasteiger partial charge in [0.05, 0.1) is 18.4 Å². The number of furan rings is 1. The predicted molar refractivity (Wildman–Crippen MR) is 98.8 cm³/mol. The summed E-state index contributed by atoms with van der Waals surface area (Å²) in [4.78, 5) is 29.9. The Morgan fingerprint density at radius 3 is 2.77 bits per heavy atom. The van der Waals surface area contributed by atoms with Crippen molar-refractivity contribution in [1.29, 1.82) is 0 Å². The van der Waals surface area contributed by atoms with E-state index in [1.165, 1.54) is 18.0 Å². The zero-order chi connectivity index (χ0) is 18.8. The van der Waals surface area contributed by atoms with E-state index < -0.39 is 5.91 Å². The second kappa shape index (κ2) is 7.03. The van der Waals surface area contributed by atoms with E-state index in [9.17, 15) is 9.59 Å². The van der Waals surface area contributed by atoms with Gasteiger partial charge in [0.1, 0.15) is 23.2 Å². The van der Waals surface area contributed by atoms with Crippen LogP contribution in [-0.2, 0) is 6.54 Å². The third kappa shape index (κ3) is 3.20. The Morgan fingerprint density at radius 1 is 1.35 bits per heavy atom. The Kier molecular flexibility index (Phi) is 4.79. The number of nitrogens with one attached hydrogen (secondary N) is 1. The lowest BCUT2D eigenvalue weighted by molar-refractivity contribution is 0.102. The second-order valence-corrected chi connectivity index (χ2v) is 6.46. The number of hydrogen-bond donors (Lipinski definition) is 1. The first kappa shape index (κ1) is 17.7. The molecule has 7 heteroatoms. The number of anilines is 1. The van der Waals surface area contributed by atoms with E-state index in [4.69, 9.17) is 9.15 Å². The van der Waals surface area contributed by atoms with Crippen LogP contribution in [-0.4, -0.2) is 22.6 Å². The van der Waals surface area contributed by atoms with Crippen molar-refractivity contribution in [2.45, 2.75) is 27.3 Å². The molecule has 1 aromatic carbocycles. The first-order valence-electron chi connectivity index (χ1n) is 8.35. The first-order chi connectivity index (χ1) is 12.4. The number of fused-ring (bicyclic) bond motifs is 1. The zero-order valence-corrected chi connectivity index (χ0v) is 15.2. The fraction of sp³-hybridized carbons (Fsp3) is 0.316. The van der Waals surface area contributed by atoms with Crippen LogP contribution < -0.4 is 15.6 Å². The highest BCUT2D eigenvalue weighted by atomic mass is 16.5. The topological polar surface area (TPSA) is 86.4 Å². The molecule has 26 heavy (non-hydrogen) atoms. The minimum Gasteiger partial charge on any atom is -0.495 e. The van der Waals surface area contributed by atoms with Crippen molar-refractivity contribution in [2.75, 3.05) is 12.4 Å². The van der Waals surface area contributed by atoms with Gasteiger partial charge in [-0.25, -0.2) is 4.98 Å². The largest absolute Gasteiger partial charge is 0.495 e. The number of amides is 1. The molecule has 0 radical (unpaired) electrons. The van der Waals surface area contributed by atoms with Gasteiger partial charge in [0.2, 0.25) is 5.71 Å². The standard InChI is InChI=1S/C19H21N3O4/c1-11(2)9-22-10-20-18-16(19(22)24)15(12(3)26-18)17(23)21-13-7-5-6-8-14(13)25-4/h5-8,10-11H,9H2,1-4H3,(H,21,23). The van der Waals surface area contributed by atoms with Crippen LogP contribution in [0.1, 0.15) is 30.0 Å². The fourth-order valence-corrected chi connectivity index (χ4v) is 2.87. The maximum absolute atomic E-state index is 12.9. The number of aryl methyl sites for hydroxylation is 1. The number of carbonyl (C=O) groups is 1. The average Bonchev–Trinajstić information content (AvgIpc) is 2.94. The molecule has 7 nitrogen and oxygen atoms in total. The van der Waals surface area contributed by atoms with E-state index in [1.807, 2.05) is 19.9 Å². The number of ether oxygens (including phenoxy) is 1. The van der Waals surface area contributed by atoms with Gasteiger partial charge < -0.3 is 14.5 Å². The number of nitrogens with zero attached hydrogens (tertiary/aromatic N) is 2. The lowest BCUT2D eigenvalue weighted by Crippen LogP contribution is -2.24. The Labute approximate surface area is 150 Å². The smallest absolute Gasteiger partial charge is 0.265 e. The lowest BCUT2D eigenvalue weighted by Gasteiger charge is -2.10. The van der Waals surface area contributed by atoms with Gasteiger partial charge in [-0.3, -0.25) is 14.2 Å². The van der Waals surface area contributed by atoms with Crippen molar-refractivity contribution >= 4 is 22.7 Å². The van der Waals surface area contributed by atoms with Crippen LogP contribution >= 0.6 is 0 Å². The quantitative estimate of drug-likeness (QED) is 0.759. The SMILES string of the molecule is COc1ccccc1NC(=O)c1c(C)oc2ncn(CC(C)C)c(=O)c12. The van der Waals surface area contributed by atoms with Gasteiger partial charge in [-0.15, -0.1) is 0 Å². The summed E-state index contributed by atoms with van der Waals surface area (Å²) in [6.07, 6.45) is 1.45. The Morgan fingerprint density at radius 2 is 2.08 bits per heavy atom. The maximum Gasteiger partial charge on any atom is 0.265 e. The summed E-state index contributed by atoms with van der Waals surface area (Å²) in [5.41, 5.74) is 0.588. The minimum absolute atomic E-state index is 0.165. The molecular formula is C19H21N3O4. The molecule has 0 bridgehead atoms. The molecule has 0 aliphatic heterocycles. The molecule has 0 saturated carbocycles. The molecule has 0 spiro atoms. The van der Waals surface area contributed by atoms with Gasteiger partial charge in [-0.1, -0.05) is 26.0 Å². The molecule has 0 unspecified atom stereocenters. The van der Waals surface area contributed by atoms with Gasteiger partial charge >= 0.3 is 0 Å². The van der Waals surface area contributed by atoms with Crippen molar-refractivity contribution in [2.24, 2.45) is 5.92 Å². The molecule has 3 rings (SSSR count). The highest BCUT2D eigenvalue weighted by molar-refractivity contribution is 6.13. The zero-order valence-electron chi connectivity index (χ0n) is 15.2. The van der Waals surface area contributed by atoms with Gasteiger partial charge in [-0.2, -0.15) is 0 Å². The number of para-hydroxylation sites is 2. The van der Waals surface area contributed by atoms with E-state index in [2.05, 4.69) is 10.3 Å². The molecule has 2 heterocycles. The monoisotopic (exact) mass is 355 g/mol. The molecule has 1 N–H and O–H groups in total. The molecule has 0 fully saturated rings. The third-order valence-corrected chi connectivity index (χ3v) is 4.00. The van der Waals surface area contributed by atoms with Crippen LogP contribution in [0.25, 0.3) is 11.1 Å². The van der Waals surface area contributed by atoms with Crippen LogP contribution in [0.5, 0.6) is 5.75 Å². The van der Waals surface area contributed by atoms with Crippen molar-refractivity contribution < 1.29 is 13.9 Å². The van der Waals surface area contributed by atoms with E-state index in [0.717, 1.165) is 0 Å². The normalized spacial score (nSPS) is 11.1. The number of hydrogen-bond acceptors (Lipinski definition) is 5. The second-order valence-electron chi connectivity index (χ2n) is 6.46. The number of carbonyl (C=O) groups excluding carboxylic acids is 1. The average molecular weight is 355 g/mol. The van der Waals surface area contributed by atoms with E-state index >= 15 is 0 Å². The van der Waals surface area contributed by atoms with Crippen LogP contribution in [0.15, 0.2) is 39.8 Å². The molecule has 3 aromatic rings. The first-order valence-corrected chi connectivity index (χ1v) is 8.35. The maximum atomic E-state index is 12.9. The summed E-state index contributed by atoms with van der Waals surface area (Å²) in [6, 6.07) is 7.06. The Balaban J connectivity index is 2.07. The van der Waals surface area contributed by atoms with Crippen molar-refractivity contribution in [3.63, 3.8) is 0 Å². The van der Waals surface area contributed by atoms with Crippen LogP contribution in [0, 0.1) is 12.8 Å². The molecule has 0 aliphatic rings. The summed E-state index contributed by atoms with van der Waals surface area (Å²) in [5.74, 6) is 0.707. The van der Waals surface area contributed by atoms with Crippen LogP contribution in [0.4, 0.5) is 5.69 Å². The Bertz CT molecular complexity index is 1020. The molecular weight excluding hydrogens is 334 g/mol. The number of benzene rings is 1. The van der Waals surface area contributed by atoms with Crippen LogP contribution in [0.3, 0.4) is 0 Å². The van der Waals surface area contributed by atoms with E-state index in [-0.39, 0.29) is 28.1 Å². The Hall–Kier alpha value is -3.09. The van der Waals surface area contributed by atoms with Crippen molar-refractivity contribution in [1.82, 2.24) is 9.55 Å². The number of methoxy groups -OCH3 is 1. The molecule has 0 saturated heterocycles. The van der Waals surface area contributed by atoms with Crippen molar-refractivity contribution in [3.8, 4) is 5.75 Å².